The van der Waals surface area contributed by atoms with Gasteiger partial charge in [0, 0.05) is 44.7 Å². The normalized spacial score (nSPS) is 14.9. The van der Waals surface area contributed by atoms with E-state index < -0.39 is 0 Å². The molecule has 8 heteroatoms. The molecule has 1 aliphatic rings. The second-order valence-electron chi connectivity index (χ2n) is 8.94. The van der Waals surface area contributed by atoms with Crippen LogP contribution in [-0.4, -0.2) is 70.3 Å². The van der Waals surface area contributed by atoms with Crippen molar-refractivity contribution in [1.29, 1.82) is 0 Å². The molecule has 0 radical (unpaired) electrons. The standard InChI is InChI=1S/C28H33N5OS2/c1-34-27-25(21-36-28-30-23-10-5-6-11-24(23)31-28)29-13-12-26(27)35-19-7-14-32-15-17-33(18-16-32)20-22-8-3-2-4-9-22/h2-6,8-13H,7,14-21H2,1H3,(H,30,31). The lowest BCUT2D eigenvalue weighted by Crippen LogP contribution is -2.46. The second kappa shape index (κ2) is 12.6. The molecule has 1 aliphatic heterocycles. The summed E-state index contributed by atoms with van der Waals surface area (Å²) < 4.78 is 5.79. The largest absolute Gasteiger partial charge is 0.494 e. The van der Waals surface area contributed by atoms with Gasteiger partial charge in [-0.1, -0.05) is 54.2 Å². The van der Waals surface area contributed by atoms with E-state index in [4.69, 9.17) is 4.74 Å². The van der Waals surface area contributed by atoms with Gasteiger partial charge in [0.15, 0.2) is 10.9 Å². The van der Waals surface area contributed by atoms with Crippen LogP contribution >= 0.6 is 23.5 Å². The Bertz CT molecular complexity index is 1210. The summed E-state index contributed by atoms with van der Waals surface area (Å²) in [6, 6.07) is 21.0. The molecule has 5 rings (SSSR count). The van der Waals surface area contributed by atoms with Crippen LogP contribution in [0.3, 0.4) is 0 Å². The molecule has 188 valence electrons. The number of H-pyrrole nitrogens is 1. The minimum Gasteiger partial charge on any atom is -0.494 e. The van der Waals surface area contributed by atoms with Crippen LogP contribution in [0.15, 0.2) is 76.9 Å². The van der Waals surface area contributed by atoms with Crippen molar-refractivity contribution < 1.29 is 4.74 Å². The van der Waals surface area contributed by atoms with Gasteiger partial charge in [0.05, 0.1) is 28.7 Å². The molecule has 36 heavy (non-hydrogen) atoms. The Morgan fingerprint density at radius 1 is 0.917 bits per heavy atom. The van der Waals surface area contributed by atoms with E-state index in [1.54, 1.807) is 18.9 Å². The van der Waals surface area contributed by atoms with Crippen LogP contribution in [0.25, 0.3) is 11.0 Å². The number of nitrogens with zero attached hydrogens (tertiary/aromatic N) is 4. The highest BCUT2D eigenvalue weighted by Gasteiger charge is 2.17. The third kappa shape index (κ3) is 6.62. The predicted octanol–water partition coefficient (Wildman–Crippen LogP) is 5.56. The summed E-state index contributed by atoms with van der Waals surface area (Å²) in [5.74, 6) is 2.67. The van der Waals surface area contributed by atoms with Crippen LogP contribution in [0.1, 0.15) is 17.7 Å². The molecule has 0 bridgehead atoms. The molecule has 0 spiro atoms. The number of nitrogens with one attached hydrogen (secondary N) is 1. The van der Waals surface area contributed by atoms with Gasteiger partial charge in [-0.25, -0.2) is 4.98 Å². The number of methoxy groups -OCH3 is 1. The summed E-state index contributed by atoms with van der Waals surface area (Å²) in [6.07, 6.45) is 3.06. The van der Waals surface area contributed by atoms with Crippen LogP contribution in [0.5, 0.6) is 5.75 Å². The smallest absolute Gasteiger partial charge is 0.166 e. The van der Waals surface area contributed by atoms with Gasteiger partial charge < -0.3 is 14.6 Å². The molecular formula is C28H33N5OS2. The van der Waals surface area contributed by atoms with Gasteiger partial charge in [-0.2, -0.15) is 0 Å². The van der Waals surface area contributed by atoms with E-state index in [2.05, 4.69) is 61.1 Å². The Kier molecular flexibility index (Phi) is 8.82. The number of hydrogen-bond donors (Lipinski definition) is 1. The monoisotopic (exact) mass is 519 g/mol. The maximum atomic E-state index is 5.79. The number of benzene rings is 2. The Morgan fingerprint density at radius 3 is 2.50 bits per heavy atom. The van der Waals surface area contributed by atoms with Crippen molar-refractivity contribution in [1.82, 2.24) is 24.8 Å². The van der Waals surface area contributed by atoms with E-state index in [1.807, 2.05) is 42.2 Å². The Balaban J connectivity index is 1.07. The SMILES string of the molecule is COc1c(SCCCN2CCN(Cc3ccccc3)CC2)ccnc1CSc1nc2ccccc2[nH]1. The van der Waals surface area contributed by atoms with Gasteiger partial charge >= 0.3 is 0 Å². The van der Waals surface area contributed by atoms with Crippen molar-refractivity contribution in [3.63, 3.8) is 0 Å². The van der Waals surface area contributed by atoms with Crippen LogP contribution in [0.4, 0.5) is 0 Å². The fourth-order valence-electron chi connectivity index (χ4n) is 4.52. The second-order valence-corrected chi connectivity index (χ2v) is 11.0. The molecule has 0 aliphatic carbocycles. The first kappa shape index (κ1) is 25.1. The summed E-state index contributed by atoms with van der Waals surface area (Å²) in [5, 5.41) is 0.905. The lowest BCUT2D eigenvalue weighted by atomic mass is 10.2. The van der Waals surface area contributed by atoms with E-state index in [9.17, 15) is 0 Å². The number of hydrogen-bond acceptors (Lipinski definition) is 7. The minimum atomic E-state index is 0.713. The number of thioether (sulfide) groups is 2. The number of rotatable bonds is 11. The highest BCUT2D eigenvalue weighted by Crippen LogP contribution is 2.34. The lowest BCUT2D eigenvalue weighted by molar-refractivity contribution is 0.127. The van der Waals surface area contributed by atoms with Crippen molar-refractivity contribution >= 4 is 34.6 Å². The number of pyridine rings is 1. The highest BCUT2D eigenvalue weighted by molar-refractivity contribution is 7.99. The maximum absolute atomic E-state index is 5.79. The molecule has 1 fully saturated rings. The molecule has 0 amide bonds. The number of fused-ring (bicyclic) bond motifs is 1. The van der Waals surface area contributed by atoms with Gasteiger partial charge in [-0.05, 0) is 42.5 Å². The van der Waals surface area contributed by atoms with Crippen LogP contribution in [0.2, 0.25) is 0 Å². The molecule has 6 nitrogen and oxygen atoms in total. The number of aromatic amines is 1. The third-order valence-corrected chi connectivity index (χ3v) is 8.46. The van der Waals surface area contributed by atoms with Crippen molar-refractivity contribution in [2.45, 2.75) is 28.8 Å². The first-order valence-electron chi connectivity index (χ1n) is 12.5. The first-order chi connectivity index (χ1) is 17.8. The van der Waals surface area contributed by atoms with E-state index >= 15 is 0 Å². The van der Waals surface area contributed by atoms with Gasteiger partial charge in [0.25, 0.3) is 0 Å². The summed E-state index contributed by atoms with van der Waals surface area (Å²) >= 11 is 3.52. The number of para-hydroxylation sites is 2. The summed E-state index contributed by atoms with van der Waals surface area (Å²) in [5.41, 5.74) is 4.41. The van der Waals surface area contributed by atoms with Crippen LogP contribution < -0.4 is 4.74 Å². The average molecular weight is 520 g/mol. The van der Waals surface area contributed by atoms with Gasteiger partial charge in [-0.15, -0.1) is 11.8 Å². The zero-order chi connectivity index (χ0) is 24.6. The molecular weight excluding hydrogens is 486 g/mol. The zero-order valence-electron chi connectivity index (χ0n) is 20.7. The average Bonchev–Trinajstić information content (AvgIpc) is 3.34. The summed E-state index contributed by atoms with van der Waals surface area (Å²) in [4.78, 5) is 19.0. The first-order valence-corrected chi connectivity index (χ1v) is 14.5. The van der Waals surface area contributed by atoms with Crippen molar-refractivity contribution in [2.75, 3.05) is 45.6 Å². The zero-order valence-corrected chi connectivity index (χ0v) is 22.4. The predicted molar refractivity (Wildman–Crippen MR) is 150 cm³/mol. The van der Waals surface area contributed by atoms with E-state index in [0.717, 1.165) is 79.1 Å². The quantitative estimate of drug-likeness (QED) is 0.206. The minimum absolute atomic E-state index is 0.713. The van der Waals surface area contributed by atoms with Crippen LogP contribution in [0, 0.1) is 0 Å². The fourth-order valence-corrected chi connectivity index (χ4v) is 6.33. The molecule has 2 aromatic heterocycles. The topological polar surface area (TPSA) is 57.3 Å². The maximum Gasteiger partial charge on any atom is 0.166 e. The van der Waals surface area contributed by atoms with Gasteiger partial charge in [0.1, 0.15) is 0 Å². The third-order valence-electron chi connectivity index (χ3n) is 6.45. The molecule has 1 N–H and O–H groups in total. The van der Waals surface area contributed by atoms with E-state index in [-0.39, 0.29) is 0 Å². The highest BCUT2D eigenvalue weighted by atomic mass is 32.2. The Hall–Kier alpha value is -2.52. The van der Waals surface area contributed by atoms with Crippen molar-refractivity contribution in [3.8, 4) is 5.75 Å². The van der Waals surface area contributed by atoms with Crippen molar-refractivity contribution in [2.24, 2.45) is 0 Å². The van der Waals surface area contributed by atoms with Gasteiger partial charge in [0.2, 0.25) is 0 Å². The Morgan fingerprint density at radius 2 is 1.69 bits per heavy atom. The molecule has 0 saturated carbocycles. The van der Waals surface area contributed by atoms with E-state index in [1.165, 1.54) is 10.5 Å². The number of imidazole rings is 1. The Labute approximate surface area is 221 Å². The van der Waals surface area contributed by atoms with E-state index in [0.29, 0.717) is 5.75 Å². The summed E-state index contributed by atoms with van der Waals surface area (Å²) in [6.45, 7) is 6.80. The van der Waals surface area contributed by atoms with Crippen molar-refractivity contribution in [3.05, 3.63) is 78.1 Å². The summed E-state index contributed by atoms with van der Waals surface area (Å²) in [7, 11) is 1.74. The number of aromatic nitrogens is 3. The number of ether oxygens (including phenoxy) is 1. The molecule has 1 saturated heterocycles. The molecule has 0 atom stereocenters. The molecule has 2 aromatic carbocycles. The van der Waals surface area contributed by atoms with Gasteiger partial charge in [-0.3, -0.25) is 9.88 Å². The lowest BCUT2D eigenvalue weighted by Gasteiger charge is -2.34. The number of piperazine rings is 1. The molecule has 3 heterocycles. The fraction of sp³-hybridized carbons (Fsp3) is 0.357. The molecule has 0 unspecified atom stereocenters. The molecule has 4 aromatic rings. The van der Waals surface area contributed by atoms with Crippen LogP contribution in [-0.2, 0) is 12.3 Å².